The molecule has 4 heteroatoms. The van der Waals surface area contributed by atoms with Crippen molar-refractivity contribution in [3.05, 3.63) is 41.5 Å². The molecule has 3 aliphatic rings. The lowest BCUT2D eigenvalue weighted by atomic mass is 9.84. The average molecular weight is 307 g/mol. The molecule has 4 rings (SSSR count). The molecule has 1 aromatic rings. The number of carbonyl (C=O) groups excluding carboxylic acids is 1. The molecule has 3 nitrogen and oxygen atoms in total. The number of fused-ring (bicyclic) bond motifs is 3. The van der Waals surface area contributed by atoms with E-state index in [4.69, 9.17) is 0 Å². The molecule has 0 radical (unpaired) electrons. The first-order valence-corrected chi connectivity index (χ1v) is 7.49. The molecule has 114 valence electrons. The monoisotopic (exact) mass is 306 g/mol. The molecule has 1 unspecified atom stereocenters. The Morgan fingerprint density at radius 1 is 1.24 bits per heavy atom. The topological polar surface area (TPSA) is 32.3 Å². The number of rotatable bonds is 3. The summed E-state index contributed by atoms with van der Waals surface area (Å²) in [7, 11) is 0. The lowest BCUT2D eigenvalue weighted by Gasteiger charge is -2.44. The first kappa shape index (κ1) is 16.1. The maximum Gasteiger partial charge on any atom is 0.247 e. The van der Waals surface area contributed by atoms with Crippen molar-refractivity contribution in [1.82, 2.24) is 10.2 Å². The highest BCUT2D eigenvalue weighted by Crippen LogP contribution is 2.27. The molecule has 1 atom stereocenters. The Balaban J connectivity index is 0.00000161. The Morgan fingerprint density at radius 2 is 1.90 bits per heavy atom. The number of piperidine rings is 3. The van der Waals surface area contributed by atoms with Crippen LogP contribution in [0.4, 0.5) is 0 Å². The van der Waals surface area contributed by atoms with E-state index in [9.17, 15) is 4.79 Å². The molecular weight excluding hydrogens is 284 g/mol. The van der Waals surface area contributed by atoms with Crippen LogP contribution >= 0.6 is 12.4 Å². The molecule has 1 N–H and O–H groups in total. The van der Waals surface area contributed by atoms with E-state index in [0.717, 1.165) is 17.7 Å². The van der Waals surface area contributed by atoms with Crippen molar-refractivity contribution < 1.29 is 4.79 Å². The van der Waals surface area contributed by atoms with Crippen molar-refractivity contribution in [2.75, 3.05) is 19.6 Å². The van der Waals surface area contributed by atoms with Gasteiger partial charge < -0.3 is 10.2 Å². The number of nitrogens with one attached hydrogen (secondary N) is 1. The van der Waals surface area contributed by atoms with Crippen molar-refractivity contribution in [2.45, 2.75) is 25.8 Å². The van der Waals surface area contributed by atoms with Gasteiger partial charge in [0.05, 0.1) is 0 Å². The van der Waals surface area contributed by atoms with Crippen LogP contribution in [0.2, 0.25) is 0 Å². The van der Waals surface area contributed by atoms with Gasteiger partial charge in [0.15, 0.2) is 0 Å². The summed E-state index contributed by atoms with van der Waals surface area (Å²) in [6, 6.07) is 10.3. The molecule has 0 saturated carbocycles. The van der Waals surface area contributed by atoms with Gasteiger partial charge in [-0.3, -0.25) is 4.79 Å². The minimum absolute atomic E-state index is 0. The van der Waals surface area contributed by atoms with E-state index in [1.165, 1.54) is 25.9 Å². The molecule has 0 aliphatic carbocycles. The Kier molecular flexibility index (Phi) is 5.43. The molecule has 3 heterocycles. The SMILES string of the molecule is CC(=Cc1ccccc1)C(=O)NC1CN2CCC1CC2.Cl. The normalized spacial score (nSPS) is 27.9. The van der Waals surface area contributed by atoms with Crippen LogP contribution in [0.15, 0.2) is 35.9 Å². The highest BCUT2D eigenvalue weighted by atomic mass is 35.5. The summed E-state index contributed by atoms with van der Waals surface area (Å²) < 4.78 is 0. The Morgan fingerprint density at radius 3 is 2.48 bits per heavy atom. The summed E-state index contributed by atoms with van der Waals surface area (Å²) in [6.07, 6.45) is 4.41. The minimum Gasteiger partial charge on any atom is -0.348 e. The second-order valence-electron chi connectivity index (χ2n) is 5.96. The van der Waals surface area contributed by atoms with E-state index in [-0.39, 0.29) is 18.3 Å². The first-order valence-electron chi connectivity index (χ1n) is 7.49. The van der Waals surface area contributed by atoms with Crippen LogP contribution in [0, 0.1) is 5.92 Å². The van der Waals surface area contributed by atoms with Crippen molar-refractivity contribution in [3.63, 3.8) is 0 Å². The van der Waals surface area contributed by atoms with Crippen molar-refractivity contribution in [1.29, 1.82) is 0 Å². The van der Waals surface area contributed by atoms with Gasteiger partial charge in [0, 0.05) is 18.2 Å². The van der Waals surface area contributed by atoms with Crippen molar-refractivity contribution in [3.8, 4) is 0 Å². The molecule has 21 heavy (non-hydrogen) atoms. The van der Waals surface area contributed by atoms with E-state index in [1.807, 2.05) is 43.3 Å². The molecule has 2 bridgehead atoms. The second-order valence-corrected chi connectivity index (χ2v) is 5.96. The van der Waals surface area contributed by atoms with Gasteiger partial charge in [0.1, 0.15) is 0 Å². The molecule has 1 amide bonds. The summed E-state index contributed by atoms with van der Waals surface area (Å²) in [4.78, 5) is 14.8. The smallest absolute Gasteiger partial charge is 0.247 e. The fourth-order valence-corrected chi connectivity index (χ4v) is 3.28. The van der Waals surface area contributed by atoms with Crippen LogP contribution in [-0.2, 0) is 4.79 Å². The zero-order valence-corrected chi connectivity index (χ0v) is 13.2. The summed E-state index contributed by atoms with van der Waals surface area (Å²) in [5, 5.41) is 3.22. The number of halogens is 1. The quantitative estimate of drug-likeness (QED) is 0.871. The Bertz CT molecular complexity index is 507. The number of carbonyl (C=O) groups is 1. The minimum atomic E-state index is 0. The van der Waals surface area contributed by atoms with Crippen LogP contribution in [0.25, 0.3) is 6.08 Å². The van der Waals surface area contributed by atoms with Gasteiger partial charge in [0.2, 0.25) is 5.91 Å². The third-order valence-corrected chi connectivity index (χ3v) is 4.51. The lowest BCUT2D eigenvalue weighted by molar-refractivity contribution is -0.119. The summed E-state index contributed by atoms with van der Waals surface area (Å²) in [5.41, 5.74) is 1.86. The van der Waals surface area contributed by atoms with E-state index in [1.54, 1.807) is 0 Å². The van der Waals surface area contributed by atoms with Gasteiger partial charge in [-0.2, -0.15) is 0 Å². The summed E-state index contributed by atoms with van der Waals surface area (Å²) in [5.74, 6) is 0.751. The number of hydrogen-bond acceptors (Lipinski definition) is 2. The van der Waals surface area contributed by atoms with Crippen LogP contribution < -0.4 is 5.32 Å². The second kappa shape index (κ2) is 7.10. The lowest BCUT2D eigenvalue weighted by Crippen LogP contribution is -2.57. The van der Waals surface area contributed by atoms with Gasteiger partial charge in [-0.05, 0) is 50.4 Å². The predicted molar refractivity (Wildman–Crippen MR) is 88.4 cm³/mol. The number of nitrogens with zero attached hydrogens (tertiary/aromatic N) is 1. The molecule has 1 aromatic carbocycles. The zero-order valence-electron chi connectivity index (χ0n) is 12.4. The van der Waals surface area contributed by atoms with E-state index in [2.05, 4.69) is 10.2 Å². The van der Waals surface area contributed by atoms with E-state index < -0.39 is 0 Å². The standard InChI is InChI=1S/C17H22N2O.ClH/c1-13(11-14-5-3-2-4-6-14)17(20)18-16-12-19-9-7-15(16)8-10-19;/h2-6,11,15-16H,7-10,12H2,1H3,(H,18,20);1H. The van der Waals surface area contributed by atoms with Gasteiger partial charge in [-0.1, -0.05) is 30.3 Å². The molecular formula is C17H23ClN2O. The highest BCUT2D eigenvalue weighted by molar-refractivity contribution is 5.97. The average Bonchev–Trinajstić information content (AvgIpc) is 2.49. The maximum atomic E-state index is 12.3. The van der Waals surface area contributed by atoms with E-state index >= 15 is 0 Å². The molecule has 0 spiro atoms. The molecule has 0 aromatic heterocycles. The molecule has 3 saturated heterocycles. The van der Waals surface area contributed by atoms with Crippen molar-refractivity contribution >= 4 is 24.4 Å². The molecule has 3 aliphatic heterocycles. The largest absolute Gasteiger partial charge is 0.348 e. The Hall–Kier alpha value is -1.32. The van der Waals surface area contributed by atoms with Gasteiger partial charge >= 0.3 is 0 Å². The van der Waals surface area contributed by atoms with Crippen LogP contribution in [-0.4, -0.2) is 36.5 Å². The highest BCUT2D eigenvalue weighted by Gasteiger charge is 2.34. The van der Waals surface area contributed by atoms with Crippen LogP contribution in [0.3, 0.4) is 0 Å². The van der Waals surface area contributed by atoms with Crippen molar-refractivity contribution in [2.24, 2.45) is 5.92 Å². The number of amides is 1. The summed E-state index contributed by atoms with van der Waals surface area (Å²) >= 11 is 0. The van der Waals surface area contributed by atoms with Gasteiger partial charge in [-0.15, -0.1) is 12.4 Å². The fraction of sp³-hybridized carbons (Fsp3) is 0.471. The Labute approximate surface area is 132 Å². The van der Waals surface area contributed by atoms with Crippen LogP contribution in [0.1, 0.15) is 25.3 Å². The third-order valence-electron chi connectivity index (χ3n) is 4.51. The zero-order chi connectivity index (χ0) is 13.9. The van der Waals surface area contributed by atoms with Gasteiger partial charge in [0.25, 0.3) is 0 Å². The van der Waals surface area contributed by atoms with Gasteiger partial charge in [-0.25, -0.2) is 0 Å². The third kappa shape index (κ3) is 3.86. The number of benzene rings is 1. The fourth-order valence-electron chi connectivity index (χ4n) is 3.28. The molecule has 3 fully saturated rings. The van der Waals surface area contributed by atoms with Crippen LogP contribution in [0.5, 0.6) is 0 Å². The summed E-state index contributed by atoms with van der Waals surface area (Å²) in [6.45, 7) is 5.32. The first-order chi connectivity index (χ1) is 9.72. The number of hydrogen-bond donors (Lipinski definition) is 1. The van der Waals surface area contributed by atoms with E-state index in [0.29, 0.717) is 12.0 Å². The maximum absolute atomic E-state index is 12.3. The predicted octanol–water partition coefficient (Wildman–Crippen LogP) is 2.72.